The number of benzene rings is 1. The van der Waals surface area contributed by atoms with Crippen molar-refractivity contribution in [1.29, 1.82) is 0 Å². The van der Waals surface area contributed by atoms with Crippen molar-refractivity contribution in [2.45, 2.75) is 38.1 Å². The Morgan fingerprint density at radius 2 is 2.28 bits per heavy atom. The zero-order valence-corrected chi connectivity index (χ0v) is 11.1. The van der Waals surface area contributed by atoms with Gasteiger partial charge in [0.25, 0.3) is 0 Å². The largest absolute Gasteiger partial charge is 0.469 e. The molecule has 0 aromatic heterocycles. The minimum atomic E-state index is -0.185. The number of methoxy groups -OCH3 is 1. The molecule has 0 saturated carbocycles. The van der Waals surface area contributed by atoms with Crippen LogP contribution in [0.15, 0.2) is 24.3 Å². The van der Waals surface area contributed by atoms with Crippen LogP contribution >= 0.6 is 0 Å². The van der Waals surface area contributed by atoms with Crippen LogP contribution in [0.2, 0.25) is 0 Å². The molecule has 1 fully saturated rings. The van der Waals surface area contributed by atoms with E-state index in [9.17, 15) is 4.79 Å². The molecule has 1 aromatic carbocycles. The Kier molecular flexibility index (Phi) is 4.37. The van der Waals surface area contributed by atoms with Crippen LogP contribution in [0.25, 0.3) is 0 Å². The standard InChI is InChI=1S/C15H21NO2/c1-11-6-5-7-12(10-11)14(15(17)18-2)13-8-3-4-9-16-13/h5-7,10,13-14,16H,3-4,8-9H2,1-2H3/t13?,14-/m1/s1. The number of rotatable bonds is 3. The maximum atomic E-state index is 12.1. The number of carbonyl (C=O) groups is 1. The average molecular weight is 247 g/mol. The fourth-order valence-corrected chi connectivity index (χ4v) is 2.69. The van der Waals surface area contributed by atoms with E-state index in [1.807, 2.05) is 25.1 Å². The molecule has 2 rings (SSSR count). The average Bonchev–Trinajstić information content (AvgIpc) is 2.40. The van der Waals surface area contributed by atoms with E-state index >= 15 is 0 Å². The molecule has 98 valence electrons. The van der Waals surface area contributed by atoms with Gasteiger partial charge >= 0.3 is 5.97 Å². The zero-order valence-electron chi connectivity index (χ0n) is 11.1. The summed E-state index contributed by atoms with van der Waals surface area (Å²) in [5, 5.41) is 3.45. The zero-order chi connectivity index (χ0) is 13.0. The number of aryl methyl sites for hydroxylation is 1. The molecule has 18 heavy (non-hydrogen) atoms. The highest BCUT2D eigenvalue weighted by atomic mass is 16.5. The lowest BCUT2D eigenvalue weighted by molar-refractivity contribution is -0.143. The Balaban J connectivity index is 2.26. The monoisotopic (exact) mass is 247 g/mol. The van der Waals surface area contributed by atoms with Crippen molar-refractivity contribution < 1.29 is 9.53 Å². The lowest BCUT2D eigenvalue weighted by atomic mass is 9.86. The van der Waals surface area contributed by atoms with E-state index in [0.29, 0.717) is 0 Å². The Morgan fingerprint density at radius 1 is 1.44 bits per heavy atom. The summed E-state index contributed by atoms with van der Waals surface area (Å²) in [6.45, 7) is 3.04. The normalized spacial score (nSPS) is 21.3. The van der Waals surface area contributed by atoms with Crippen molar-refractivity contribution in [2.24, 2.45) is 0 Å². The third-order valence-electron chi connectivity index (χ3n) is 3.61. The molecule has 1 saturated heterocycles. The molecule has 1 aliphatic heterocycles. The number of carbonyl (C=O) groups excluding carboxylic acids is 1. The smallest absolute Gasteiger partial charge is 0.314 e. The van der Waals surface area contributed by atoms with Crippen molar-refractivity contribution >= 4 is 5.97 Å². The van der Waals surface area contributed by atoms with Crippen molar-refractivity contribution in [3.05, 3.63) is 35.4 Å². The number of hydrogen-bond acceptors (Lipinski definition) is 3. The summed E-state index contributed by atoms with van der Waals surface area (Å²) in [5.41, 5.74) is 2.23. The van der Waals surface area contributed by atoms with Gasteiger partial charge < -0.3 is 10.1 Å². The molecular weight excluding hydrogens is 226 g/mol. The minimum Gasteiger partial charge on any atom is -0.469 e. The van der Waals surface area contributed by atoms with E-state index in [2.05, 4.69) is 11.4 Å². The Bertz CT molecular complexity index is 411. The molecule has 0 amide bonds. The second kappa shape index (κ2) is 6.01. The van der Waals surface area contributed by atoms with Gasteiger partial charge in [-0.3, -0.25) is 4.79 Å². The highest BCUT2D eigenvalue weighted by molar-refractivity contribution is 5.79. The Hall–Kier alpha value is -1.35. The van der Waals surface area contributed by atoms with Gasteiger partial charge in [0.05, 0.1) is 13.0 Å². The summed E-state index contributed by atoms with van der Waals surface area (Å²) in [6, 6.07) is 8.35. The number of hydrogen-bond donors (Lipinski definition) is 1. The maximum absolute atomic E-state index is 12.1. The van der Waals surface area contributed by atoms with Gasteiger partial charge in [-0.15, -0.1) is 0 Å². The Morgan fingerprint density at radius 3 is 2.89 bits per heavy atom. The van der Waals surface area contributed by atoms with E-state index in [1.54, 1.807) is 0 Å². The van der Waals surface area contributed by atoms with Crippen molar-refractivity contribution in [1.82, 2.24) is 5.32 Å². The van der Waals surface area contributed by atoms with Crippen LogP contribution in [0.1, 0.15) is 36.3 Å². The second-order valence-corrected chi connectivity index (χ2v) is 4.97. The topological polar surface area (TPSA) is 38.3 Å². The quantitative estimate of drug-likeness (QED) is 0.833. The van der Waals surface area contributed by atoms with E-state index in [4.69, 9.17) is 4.74 Å². The van der Waals surface area contributed by atoms with Gasteiger partial charge in [-0.2, -0.15) is 0 Å². The summed E-state index contributed by atoms with van der Waals surface area (Å²) in [5.74, 6) is -0.324. The van der Waals surface area contributed by atoms with Crippen LogP contribution in [0.4, 0.5) is 0 Å². The highest BCUT2D eigenvalue weighted by Gasteiger charge is 2.31. The third kappa shape index (κ3) is 2.91. The van der Waals surface area contributed by atoms with Crippen molar-refractivity contribution in [3.8, 4) is 0 Å². The molecule has 0 bridgehead atoms. The van der Waals surface area contributed by atoms with Crippen LogP contribution in [-0.4, -0.2) is 25.7 Å². The van der Waals surface area contributed by atoms with Crippen LogP contribution in [-0.2, 0) is 9.53 Å². The molecule has 1 aromatic rings. The molecule has 3 heteroatoms. The van der Waals surface area contributed by atoms with E-state index in [-0.39, 0.29) is 17.9 Å². The van der Waals surface area contributed by atoms with E-state index in [1.165, 1.54) is 25.5 Å². The van der Waals surface area contributed by atoms with Crippen LogP contribution in [0.5, 0.6) is 0 Å². The molecule has 0 radical (unpaired) electrons. The lowest BCUT2D eigenvalue weighted by Gasteiger charge is -2.30. The lowest BCUT2D eigenvalue weighted by Crippen LogP contribution is -2.42. The second-order valence-electron chi connectivity index (χ2n) is 4.97. The number of piperidine rings is 1. The van der Waals surface area contributed by atoms with Crippen LogP contribution in [0, 0.1) is 6.92 Å². The SMILES string of the molecule is COC(=O)[C@H](c1cccc(C)c1)C1CCCCN1. The Labute approximate surface area is 109 Å². The third-order valence-corrected chi connectivity index (χ3v) is 3.61. The predicted octanol–water partition coefficient (Wildman–Crippen LogP) is 2.39. The number of ether oxygens (including phenoxy) is 1. The first kappa shape index (κ1) is 13.1. The first-order chi connectivity index (χ1) is 8.72. The van der Waals surface area contributed by atoms with Crippen LogP contribution < -0.4 is 5.32 Å². The number of nitrogens with one attached hydrogen (secondary N) is 1. The fourth-order valence-electron chi connectivity index (χ4n) is 2.69. The predicted molar refractivity (Wildman–Crippen MR) is 71.6 cm³/mol. The van der Waals surface area contributed by atoms with Gasteiger partial charge in [-0.05, 0) is 31.9 Å². The molecular formula is C15H21NO2. The van der Waals surface area contributed by atoms with E-state index in [0.717, 1.165) is 18.5 Å². The van der Waals surface area contributed by atoms with Crippen molar-refractivity contribution in [2.75, 3.05) is 13.7 Å². The summed E-state index contributed by atoms with van der Waals surface area (Å²) >= 11 is 0. The van der Waals surface area contributed by atoms with Crippen molar-refractivity contribution in [3.63, 3.8) is 0 Å². The van der Waals surface area contributed by atoms with Gasteiger partial charge in [0, 0.05) is 6.04 Å². The molecule has 1 aliphatic rings. The summed E-state index contributed by atoms with van der Waals surface area (Å²) < 4.78 is 4.98. The molecule has 3 nitrogen and oxygen atoms in total. The molecule has 1 heterocycles. The number of esters is 1. The molecule has 1 unspecified atom stereocenters. The molecule has 1 N–H and O–H groups in total. The maximum Gasteiger partial charge on any atom is 0.314 e. The first-order valence-electron chi connectivity index (χ1n) is 6.60. The summed E-state index contributed by atoms with van der Waals surface area (Å²) in [6.07, 6.45) is 3.41. The molecule has 2 atom stereocenters. The highest BCUT2D eigenvalue weighted by Crippen LogP contribution is 2.27. The minimum absolute atomic E-state index is 0.139. The van der Waals surface area contributed by atoms with Gasteiger partial charge in [0.2, 0.25) is 0 Å². The summed E-state index contributed by atoms with van der Waals surface area (Å²) in [7, 11) is 1.47. The first-order valence-corrected chi connectivity index (χ1v) is 6.60. The van der Waals surface area contributed by atoms with Crippen LogP contribution in [0.3, 0.4) is 0 Å². The molecule has 0 aliphatic carbocycles. The van der Waals surface area contributed by atoms with Gasteiger partial charge in [0.1, 0.15) is 0 Å². The summed E-state index contributed by atoms with van der Waals surface area (Å²) in [4.78, 5) is 12.1. The molecule has 0 spiro atoms. The van der Waals surface area contributed by atoms with Gasteiger partial charge in [0.15, 0.2) is 0 Å². The van der Waals surface area contributed by atoms with Gasteiger partial charge in [-0.1, -0.05) is 36.2 Å². The van der Waals surface area contributed by atoms with E-state index < -0.39 is 0 Å². The van der Waals surface area contributed by atoms with Gasteiger partial charge in [-0.25, -0.2) is 0 Å². The fraction of sp³-hybridized carbons (Fsp3) is 0.533.